The van der Waals surface area contributed by atoms with Crippen molar-refractivity contribution in [1.29, 1.82) is 0 Å². The molecular weight excluding hydrogens is 412 g/mol. The number of anilines is 1. The molecule has 170 valence electrons. The molecule has 0 spiro atoms. The monoisotopic (exact) mass is 446 g/mol. The van der Waals surface area contributed by atoms with Crippen LogP contribution in [-0.4, -0.2) is 39.3 Å². The topological polar surface area (TPSA) is 75.7 Å². The number of sulfonamides is 1. The molecule has 0 aliphatic rings. The first-order valence-corrected chi connectivity index (χ1v) is 12.4. The van der Waals surface area contributed by atoms with Crippen LogP contribution in [0.15, 0.2) is 42.5 Å². The van der Waals surface area contributed by atoms with E-state index in [1.165, 1.54) is 4.31 Å². The van der Waals surface area contributed by atoms with E-state index in [0.717, 1.165) is 41.5 Å². The smallest absolute Gasteiger partial charge is 0.243 e. The summed E-state index contributed by atoms with van der Waals surface area (Å²) in [7, 11) is -3.62. The number of hydrogen-bond donors (Lipinski definition) is 1. The molecule has 0 radical (unpaired) electrons. The number of amides is 1. The second kappa shape index (κ2) is 10.7. The first-order chi connectivity index (χ1) is 14.5. The van der Waals surface area contributed by atoms with Gasteiger partial charge < -0.3 is 10.1 Å². The molecule has 0 fully saturated rings. The van der Waals surface area contributed by atoms with Crippen molar-refractivity contribution in [3.63, 3.8) is 0 Å². The van der Waals surface area contributed by atoms with Gasteiger partial charge in [0.05, 0.1) is 18.0 Å². The summed E-state index contributed by atoms with van der Waals surface area (Å²) in [6, 6.07) is 12.5. The van der Waals surface area contributed by atoms with Crippen molar-refractivity contribution in [1.82, 2.24) is 5.32 Å². The highest BCUT2D eigenvalue weighted by Gasteiger charge is 2.29. The lowest BCUT2D eigenvalue weighted by Crippen LogP contribution is -2.48. The average molecular weight is 447 g/mol. The fraction of sp³-hybridized carbons (Fsp3) is 0.458. The third kappa shape index (κ3) is 7.28. The van der Waals surface area contributed by atoms with Crippen molar-refractivity contribution in [2.45, 2.75) is 59.6 Å². The minimum absolute atomic E-state index is 0.117. The van der Waals surface area contributed by atoms with Crippen LogP contribution in [0.3, 0.4) is 0 Å². The van der Waals surface area contributed by atoms with Crippen LogP contribution in [-0.2, 0) is 21.2 Å². The van der Waals surface area contributed by atoms with Crippen molar-refractivity contribution >= 4 is 21.6 Å². The Morgan fingerprint density at radius 2 is 1.77 bits per heavy atom. The number of ether oxygens (including phenoxy) is 1. The standard InChI is InChI=1S/C24H34N2O4S/c1-17(2)30-23-11-7-9-21(16-23)10-8-14-25-24(27)20(5)26(31(6,28)29)22-13-12-18(3)19(4)15-22/h7,9,11-13,15-17,20H,8,10,14H2,1-6H3,(H,25,27). The van der Waals surface area contributed by atoms with Crippen LogP contribution in [0.2, 0.25) is 0 Å². The zero-order valence-corrected chi connectivity index (χ0v) is 20.1. The maximum Gasteiger partial charge on any atom is 0.243 e. The third-order valence-electron chi connectivity index (χ3n) is 5.05. The van der Waals surface area contributed by atoms with Crippen molar-refractivity contribution in [3.8, 4) is 5.75 Å². The maximum atomic E-state index is 12.7. The van der Waals surface area contributed by atoms with Crippen LogP contribution in [0.5, 0.6) is 5.75 Å². The lowest BCUT2D eigenvalue weighted by molar-refractivity contribution is -0.121. The summed E-state index contributed by atoms with van der Waals surface area (Å²) in [5, 5.41) is 2.87. The van der Waals surface area contributed by atoms with E-state index >= 15 is 0 Å². The Morgan fingerprint density at radius 3 is 2.39 bits per heavy atom. The van der Waals surface area contributed by atoms with E-state index in [0.29, 0.717) is 12.2 Å². The van der Waals surface area contributed by atoms with Gasteiger partial charge in [-0.25, -0.2) is 8.42 Å². The van der Waals surface area contributed by atoms with Crippen LogP contribution in [0.25, 0.3) is 0 Å². The zero-order chi connectivity index (χ0) is 23.2. The lowest BCUT2D eigenvalue weighted by atomic mass is 10.1. The molecule has 2 aromatic carbocycles. The van der Waals surface area contributed by atoms with Gasteiger partial charge in [0.1, 0.15) is 11.8 Å². The Balaban J connectivity index is 1.98. The number of carbonyl (C=O) groups is 1. The molecule has 0 aromatic heterocycles. The molecule has 7 heteroatoms. The Labute approximate surface area is 186 Å². The van der Waals surface area contributed by atoms with Crippen molar-refractivity contribution in [3.05, 3.63) is 59.2 Å². The quantitative estimate of drug-likeness (QED) is 0.560. The van der Waals surface area contributed by atoms with E-state index in [2.05, 4.69) is 5.32 Å². The molecule has 1 amide bonds. The van der Waals surface area contributed by atoms with Gasteiger partial charge in [-0.2, -0.15) is 0 Å². The molecule has 1 atom stereocenters. The SMILES string of the molecule is Cc1ccc(N(C(C)C(=O)NCCCc2cccc(OC(C)C)c2)S(C)(=O)=O)cc1C. The normalized spacial score (nSPS) is 12.5. The second-order valence-corrected chi connectivity index (χ2v) is 10.1. The maximum absolute atomic E-state index is 12.7. The largest absolute Gasteiger partial charge is 0.491 e. The predicted octanol–water partition coefficient (Wildman–Crippen LogP) is 3.99. The fourth-order valence-corrected chi connectivity index (χ4v) is 4.54. The summed E-state index contributed by atoms with van der Waals surface area (Å²) in [6.07, 6.45) is 2.77. The van der Waals surface area contributed by atoms with Gasteiger partial charge >= 0.3 is 0 Å². The summed E-state index contributed by atoms with van der Waals surface area (Å²) in [5.74, 6) is 0.517. The number of benzene rings is 2. The van der Waals surface area contributed by atoms with Crippen molar-refractivity contribution < 1.29 is 17.9 Å². The summed E-state index contributed by atoms with van der Waals surface area (Å²) < 4.78 is 31.8. The highest BCUT2D eigenvalue weighted by atomic mass is 32.2. The molecule has 2 aromatic rings. The first-order valence-electron chi connectivity index (χ1n) is 10.6. The molecule has 0 aliphatic carbocycles. The zero-order valence-electron chi connectivity index (χ0n) is 19.3. The van der Waals surface area contributed by atoms with E-state index < -0.39 is 16.1 Å². The van der Waals surface area contributed by atoms with Crippen LogP contribution < -0.4 is 14.4 Å². The van der Waals surface area contributed by atoms with Crippen LogP contribution in [0.4, 0.5) is 5.69 Å². The fourth-order valence-electron chi connectivity index (χ4n) is 3.37. The van der Waals surface area contributed by atoms with E-state index in [1.54, 1.807) is 19.1 Å². The number of nitrogens with one attached hydrogen (secondary N) is 1. The minimum atomic E-state index is -3.62. The van der Waals surface area contributed by atoms with Gasteiger partial charge in [-0.05, 0) is 88.4 Å². The van der Waals surface area contributed by atoms with Gasteiger partial charge in [0, 0.05) is 6.54 Å². The average Bonchev–Trinajstić information content (AvgIpc) is 2.66. The minimum Gasteiger partial charge on any atom is -0.491 e. The molecule has 1 unspecified atom stereocenters. The second-order valence-electron chi connectivity index (χ2n) is 8.21. The highest BCUT2D eigenvalue weighted by molar-refractivity contribution is 7.92. The summed E-state index contributed by atoms with van der Waals surface area (Å²) in [6.45, 7) is 9.93. The van der Waals surface area contributed by atoms with E-state index in [-0.39, 0.29) is 12.0 Å². The number of nitrogens with zero attached hydrogens (tertiary/aromatic N) is 1. The van der Waals surface area contributed by atoms with Gasteiger partial charge in [-0.3, -0.25) is 9.10 Å². The number of carbonyl (C=O) groups excluding carboxylic acids is 1. The molecule has 6 nitrogen and oxygen atoms in total. The van der Waals surface area contributed by atoms with E-state index in [9.17, 15) is 13.2 Å². The van der Waals surface area contributed by atoms with Gasteiger partial charge in [0.2, 0.25) is 15.9 Å². The van der Waals surface area contributed by atoms with Gasteiger partial charge in [-0.1, -0.05) is 18.2 Å². The molecule has 0 heterocycles. The Kier molecular flexibility index (Phi) is 8.51. The first kappa shape index (κ1) is 24.7. The van der Waals surface area contributed by atoms with E-state index in [4.69, 9.17) is 4.74 Å². The summed E-state index contributed by atoms with van der Waals surface area (Å²) in [4.78, 5) is 12.7. The van der Waals surface area contributed by atoms with Crippen LogP contribution >= 0.6 is 0 Å². The molecule has 2 rings (SSSR count). The number of rotatable bonds is 10. The summed E-state index contributed by atoms with van der Waals surface area (Å²) >= 11 is 0. The molecule has 0 saturated heterocycles. The van der Waals surface area contributed by atoms with Crippen molar-refractivity contribution in [2.75, 3.05) is 17.1 Å². The van der Waals surface area contributed by atoms with Gasteiger partial charge in [0.15, 0.2) is 0 Å². The highest BCUT2D eigenvalue weighted by Crippen LogP contribution is 2.24. The molecule has 0 saturated carbocycles. The molecule has 1 N–H and O–H groups in total. The summed E-state index contributed by atoms with van der Waals surface area (Å²) in [5.41, 5.74) is 3.67. The van der Waals surface area contributed by atoms with Crippen LogP contribution in [0, 0.1) is 13.8 Å². The number of aryl methyl sites for hydroxylation is 3. The molecule has 0 bridgehead atoms. The van der Waals surface area contributed by atoms with Gasteiger partial charge in [0.25, 0.3) is 0 Å². The molecule has 0 aliphatic heterocycles. The number of hydrogen-bond acceptors (Lipinski definition) is 4. The Hall–Kier alpha value is -2.54. The Bertz CT molecular complexity index is 1000. The van der Waals surface area contributed by atoms with Gasteiger partial charge in [-0.15, -0.1) is 0 Å². The Morgan fingerprint density at radius 1 is 1.06 bits per heavy atom. The molecule has 31 heavy (non-hydrogen) atoms. The lowest BCUT2D eigenvalue weighted by Gasteiger charge is -2.28. The third-order valence-corrected chi connectivity index (χ3v) is 6.29. The molecular formula is C24H34N2O4S. The van der Waals surface area contributed by atoms with E-state index in [1.807, 2.05) is 58.0 Å². The predicted molar refractivity (Wildman–Crippen MR) is 126 cm³/mol. The van der Waals surface area contributed by atoms with Crippen molar-refractivity contribution in [2.24, 2.45) is 0 Å². The van der Waals surface area contributed by atoms with Crippen LogP contribution in [0.1, 0.15) is 43.9 Å².